The van der Waals surface area contributed by atoms with Crippen molar-refractivity contribution in [3.8, 4) is 0 Å². The summed E-state index contributed by atoms with van der Waals surface area (Å²) in [6, 6.07) is 7.38. The van der Waals surface area contributed by atoms with Crippen LogP contribution in [-0.2, 0) is 0 Å². The van der Waals surface area contributed by atoms with Crippen LogP contribution < -0.4 is 11.2 Å². The standard InChI is InChI=1S/C15H22N4O2/c1-10-5-3-6-11(2)19(10)17-15(20)13-8-4-7-12(9-13)14(16)18-21/h4,7-11,21H,3,5-6H2,1-2H3,(H2,16,18)(H,17,20). The van der Waals surface area contributed by atoms with Gasteiger partial charge in [0.1, 0.15) is 0 Å². The number of hydrazine groups is 1. The Hall–Kier alpha value is -2.08. The van der Waals surface area contributed by atoms with Crippen LogP contribution in [0.4, 0.5) is 0 Å². The van der Waals surface area contributed by atoms with Gasteiger partial charge in [0.05, 0.1) is 0 Å². The largest absolute Gasteiger partial charge is 0.409 e. The Morgan fingerprint density at radius 3 is 2.57 bits per heavy atom. The van der Waals surface area contributed by atoms with Gasteiger partial charge < -0.3 is 10.9 Å². The number of benzene rings is 1. The Kier molecular flexibility index (Phi) is 4.80. The van der Waals surface area contributed by atoms with Gasteiger partial charge in [0.2, 0.25) is 0 Å². The second-order valence-corrected chi connectivity index (χ2v) is 5.54. The number of carbonyl (C=O) groups excluding carboxylic acids is 1. The van der Waals surface area contributed by atoms with Crippen molar-refractivity contribution in [2.45, 2.75) is 45.2 Å². The quantitative estimate of drug-likeness (QED) is 0.342. The highest BCUT2D eigenvalue weighted by atomic mass is 16.4. The molecule has 2 atom stereocenters. The van der Waals surface area contributed by atoms with Crippen LogP contribution in [0, 0.1) is 0 Å². The number of amidine groups is 1. The van der Waals surface area contributed by atoms with Crippen LogP contribution in [0.5, 0.6) is 0 Å². The van der Waals surface area contributed by atoms with Crippen molar-refractivity contribution in [3.63, 3.8) is 0 Å². The molecule has 6 heteroatoms. The molecule has 6 nitrogen and oxygen atoms in total. The number of piperidine rings is 1. The lowest BCUT2D eigenvalue weighted by Gasteiger charge is -2.38. The topological polar surface area (TPSA) is 91.0 Å². The molecular formula is C15H22N4O2. The summed E-state index contributed by atoms with van der Waals surface area (Å²) in [4.78, 5) is 12.4. The fourth-order valence-corrected chi connectivity index (χ4v) is 2.70. The van der Waals surface area contributed by atoms with Gasteiger partial charge in [-0.15, -0.1) is 0 Å². The minimum Gasteiger partial charge on any atom is -0.409 e. The van der Waals surface area contributed by atoms with Gasteiger partial charge in [0, 0.05) is 23.2 Å². The monoisotopic (exact) mass is 290 g/mol. The van der Waals surface area contributed by atoms with E-state index in [1.807, 2.05) is 5.01 Å². The van der Waals surface area contributed by atoms with Crippen molar-refractivity contribution in [1.29, 1.82) is 0 Å². The van der Waals surface area contributed by atoms with Crippen LogP contribution in [0.3, 0.4) is 0 Å². The first-order chi connectivity index (χ1) is 10.0. The van der Waals surface area contributed by atoms with Gasteiger partial charge >= 0.3 is 0 Å². The molecule has 4 N–H and O–H groups in total. The van der Waals surface area contributed by atoms with E-state index in [0.29, 0.717) is 23.2 Å². The lowest BCUT2D eigenvalue weighted by Crippen LogP contribution is -2.54. The summed E-state index contributed by atoms with van der Waals surface area (Å²) >= 11 is 0. The van der Waals surface area contributed by atoms with E-state index in [-0.39, 0.29) is 11.7 Å². The van der Waals surface area contributed by atoms with Gasteiger partial charge in [-0.25, -0.2) is 5.01 Å². The van der Waals surface area contributed by atoms with Gasteiger partial charge in [-0.1, -0.05) is 23.7 Å². The zero-order valence-electron chi connectivity index (χ0n) is 12.4. The van der Waals surface area contributed by atoms with Crippen LogP contribution in [-0.4, -0.2) is 34.0 Å². The van der Waals surface area contributed by atoms with Gasteiger partial charge in [-0.3, -0.25) is 10.2 Å². The molecule has 2 rings (SSSR count). The molecule has 0 saturated carbocycles. The zero-order chi connectivity index (χ0) is 15.4. The first-order valence-electron chi connectivity index (χ1n) is 7.20. The summed E-state index contributed by atoms with van der Waals surface area (Å²) in [7, 11) is 0. The first kappa shape index (κ1) is 15.3. The minimum absolute atomic E-state index is 0.00985. The average Bonchev–Trinajstić information content (AvgIpc) is 2.50. The zero-order valence-corrected chi connectivity index (χ0v) is 12.4. The molecule has 1 amide bonds. The molecule has 2 unspecified atom stereocenters. The Morgan fingerprint density at radius 2 is 1.95 bits per heavy atom. The summed E-state index contributed by atoms with van der Waals surface area (Å²) in [5, 5.41) is 13.7. The molecule has 21 heavy (non-hydrogen) atoms. The second-order valence-electron chi connectivity index (χ2n) is 5.54. The third-order valence-electron chi connectivity index (χ3n) is 3.95. The van der Waals surface area contributed by atoms with Crippen molar-refractivity contribution in [1.82, 2.24) is 10.4 Å². The molecule has 0 aromatic heterocycles. The van der Waals surface area contributed by atoms with Crippen molar-refractivity contribution in [2.75, 3.05) is 0 Å². The molecule has 0 bridgehead atoms. The minimum atomic E-state index is -0.178. The molecule has 1 fully saturated rings. The molecule has 114 valence electrons. The van der Waals surface area contributed by atoms with Crippen LogP contribution >= 0.6 is 0 Å². The Morgan fingerprint density at radius 1 is 1.33 bits per heavy atom. The Bertz CT molecular complexity index is 534. The van der Waals surface area contributed by atoms with Crippen molar-refractivity contribution in [2.24, 2.45) is 10.9 Å². The third kappa shape index (κ3) is 3.52. The number of carbonyl (C=O) groups is 1. The van der Waals surface area contributed by atoms with Crippen LogP contribution in [0.25, 0.3) is 0 Å². The van der Waals surface area contributed by atoms with Crippen molar-refractivity contribution >= 4 is 11.7 Å². The highest BCUT2D eigenvalue weighted by molar-refractivity contribution is 6.01. The molecule has 1 saturated heterocycles. The summed E-state index contributed by atoms with van der Waals surface area (Å²) in [6.45, 7) is 4.23. The lowest BCUT2D eigenvalue weighted by atomic mass is 10.00. The highest BCUT2D eigenvalue weighted by Gasteiger charge is 2.26. The predicted octanol–water partition coefficient (Wildman–Crippen LogP) is 1.69. The van der Waals surface area contributed by atoms with Crippen molar-refractivity contribution in [3.05, 3.63) is 35.4 Å². The maximum atomic E-state index is 12.4. The molecule has 0 spiro atoms. The number of nitrogens with one attached hydrogen (secondary N) is 1. The van der Waals surface area contributed by atoms with E-state index < -0.39 is 0 Å². The number of hydrogen-bond acceptors (Lipinski definition) is 4. The fourth-order valence-electron chi connectivity index (χ4n) is 2.70. The smallest absolute Gasteiger partial charge is 0.265 e. The second kappa shape index (κ2) is 6.58. The van der Waals surface area contributed by atoms with E-state index >= 15 is 0 Å². The maximum absolute atomic E-state index is 12.4. The number of oxime groups is 1. The molecule has 0 aliphatic carbocycles. The lowest BCUT2D eigenvalue weighted by molar-refractivity contribution is 0.0370. The third-order valence-corrected chi connectivity index (χ3v) is 3.95. The predicted molar refractivity (Wildman–Crippen MR) is 81.0 cm³/mol. The van der Waals surface area contributed by atoms with Crippen LogP contribution in [0.2, 0.25) is 0 Å². The van der Waals surface area contributed by atoms with Crippen molar-refractivity contribution < 1.29 is 10.0 Å². The molecule has 1 aliphatic heterocycles. The Labute approximate surface area is 124 Å². The summed E-state index contributed by atoms with van der Waals surface area (Å²) in [5.74, 6) is -0.187. The van der Waals surface area contributed by atoms with E-state index in [1.165, 1.54) is 6.42 Å². The Balaban J connectivity index is 2.13. The van der Waals surface area contributed by atoms with Gasteiger partial charge in [0.15, 0.2) is 5.84 Å². The molecule has 1 aromatic carbocycles. The maximum Gasteiger partial charge on any atom is 0.265 e. The van der Waals surface area contributed by atoms with Gasteiger partial charge in [-0.05, 0) is 38.8 Å². The number of nitrogens with two attached hydrogens (primary N) is 1. The van der Waals surface area contributed by atoms with Gasteiger partial charge in [0.25, 0.3) is 5.91 Å². The van der Waals surface area contributed by atoms with E-state index in [9.17, 15) is 4.79 Å². The van der Waals surface area contributed by atoms with Gasteiger partial charge in [-0.2, -0.15) is 0 Å². The number of rotatable bonds is 3. The van der Waals surface area contributed by atoms with E-state index in [4.69, 9.17) is 10.9 Å². The summed E-state index contributed by atoms with van der Waals surface area (Å²) < 4.78 is 0. The molecule has 1 heterocycles. The molecule has 1 aliphatic rings. The van der Waals surface area contributed by atoms with E-state index in [0.717, 1.165) is 12.8 Å². The molecule has 0 radical (unpaired) electrons. The first-order valence-corrected chi connectivity index (χ1v) is 7.20. The normalized spacial score (nSPS) is 23.8. The average molecular weight is 290 g/mol. The molecule has 1 aromatic rings. The highest BCUT2D eigenvalue weighted by Crippen LogP contribution is 2.20. The number of amides is 1. The number of hydrogen-bond donors (Lipinski definition) is 3. The fraction of sp³-hybridized carbons (Fsp3) is 0.467. The van der Waals surface area contributed by atoms with Crippen LogP contribution in [0.15, 0.2) is 29.4 Å². The van der Waals surface area contributed by atoms with Crippen LogP contribution in [0.1, 0.15) is 49.0 Å². The summed E-state index contributed by atoms with van der Waals surface area (Å²) in [6.07, 6.45) is 3.34. The van der Waals surface area contributed by atoms with E-state index in [1.54, 1.807) is 24.3 Å². The molecular weight excluding hydrogens is 268 g/mol. The number of nitrogens with zero attached hydrogens (tertiary/aromatic N) is 2. The SMILES string of the molecule is CC1CCCC(C)N1NC(=O)c1cccc(/C(N)=N/O)c1. The summed E-state index contributed by atoms with van der Waals surface area (Å²) in [5.41, 5.74) is 9.53. The van der Waals surface area contributed by atoms with E-state index in [2.05, 4.69) is 24.4 Å².